The highest BCUT2D eigenvalue weighted by Crippen LogP contribution is 2.41. The van der Waals surface area contributed by atoms with E-state index in [-0.39, 0.29) is 0 Å². The zero-order valence-corrected chi connectivity index (χ0v) is 22.6. The van der Waals surface area contributed by atoms with Crippen LogP contribution in [-0.2, 0) is 0 Å². The average Bonchev–Trinajstić information content (AvgIpc) is 3.70. The lowest BCUT2D eigenvalue weighted by molar-refractivity contribution is 0.481. The van der Waals surface area contributed by atoms with Gasteiger partial charge in [0.1, 0.15) is 17.3 Å². The zero-order valence-electron chi connectivity index (χ0n) is 22.6. The molecule has 0 fully saturated rings. The lowest BCUT2D eigenvalue weighted by atomic mass is 10.2. The molecule has 4 aromatic carbocycles. The Morgan fingerprint density at radius 2 is 1.37 bits per heavy atom. The number of para-hydroxylation sites is 2. The maximum absolute atomic E-state index is 6.47. The molecule has 0 saturated heterocycles. The molecular weight excluding hydrogens is 506 g/mol. The molecule has 8 rings (SSSR count). The summed E-state index contributed by atoms with van der Waals surface area (Å²) < 4.78 is 11.1. The number of pyridine rings is 1. The average molecular weight is 534 g/mol. The molecule has 7 aromatic rings. The van der Waals surface area contributed by atoms with Gasteiger partial charge in [0.2, 0.25) is 0 Å². The van der Waals surface area contributed by atoms with Gasteiger partial charge in [0.25, 0.3) is 0 Å². The molecule has 0 atom stereocenters. The van der Waals surface area contributed by atoms with Crippen LogP contribution in [-0.4, -0.2) is 32.7 Å². The summed E-state index contributed by atoms with van der Waals surface area (Å²) in [5.74, 6) is 2.44. The Bertz CT molecular complexity index is 2070. The Labute approximate surface area is 237 Å². The first-order valence-corrected chi connectivity index (χ1v) is 13.7. The van der Waals surface area contributed by atoms with Gasteiger partial charge in [0, 0.05) is 59.9 Å². The molecule has 0 saturated carbocycles. The molecule has 1 aliphatic heterocycles. The van der Waals surface area contributed by atoms with E-state index in [4.69, 9.17) is 9.72 Å². The molecule has 0 amide bonds. The maximum Gasteiger partial charge on any atom is 0.137 e. The van der Waals surface area contributed by atoms with Gasteiger partial charge in [-0.05, 0) is 54.6 Å². The Kier molecular flexibility index (Phi) is 5.32. The third-order valence-corrected chi connectivity index (χ3v) is 7.69. The largest absolute Gasteiger partial charge is 0.457 e. The van der Waals surface area contributed by atoms with Crippen molar-refractivity contribution < 1.29 is 4.74 Å². The highest BCUT2D eigenvalue weighted by Gasteiger charge is 2.22. The van der Waals surface area contributed by atoms with Crippen molar-refractivity contribution in [2.75, 3.05) is 18.6 Å². The quantitative estimate of drug-likeness (QED) is 0.224. The van der Waals surface area contributed by atoms with Crippen LogP contribution in [0.2, 0.25) is 0 Å². The first kappa shape index (κ1) is 23.4. The first-order chi connectivity index (χ1) is 20.2. The molecule has 0 aliphatic carbocycles. The molecule has 6 heteroatoms. The summed E-state index contributed by atoms with van der Waals surface area (Å²) in [5.41, 5.74) is 6.70. The van der Waals surface area contributed by atoms with Crippen LogP contribution in [0.4, 0.5) is 5.69 Å². The van der Waals surface area contributed by atoms with Crippen molar-refractivity contribution in [3.05, 3.63) is 134 Å². The van der Waals surface area contributed by atoms with E-state index in [0.717, 1.165) is 62.8 Å². The van der Waals surface area contributed by atoms with E-state index in [1.54, 1.807) is 0 Å². The summed E-state index contributed by atoms with van der Waals surface area (Å²) in [6.45, 7) is 0.817. The van der Waals surface area contributed by atoms with Crippen LogP contribution in [0.15, 0.2) is 134 Å². The molecular formula is C35H27N5O. The van der Waals surface area contributed by atoms with Crippen molar-refractivity contribution in [3.8, 4) is 23.0 Å². The molecule has 0 bridgehead atoms. The minimum absolute atomic E-state index is 0.775. The standard InChI is InChI=1S/C35H27N5O/c1-37-20-21-38(24-37)26-12-9-13-27(22-26)41-28-17-18-30-32(23-28)40(33-16-7-8-19-36-33)35-29-14-5-6-15-31(29)39(34(30)35)25-10-3-2-4-11-25/h2-23H,24H2,1H3. The third-order valence-electron chi connectivity index (χ3n) is 7.69. The number of rotatable bonds is 5. The van der Waals surface area contributed by atoms with Crippen LogP contribution in [0.3, 0.4) is 0 Å². The van der Waals surface area contributed by atoms with E-state index >= 15 is 0 Å². The van der Waals surface area contributed by atoms with Crippen molar-refractivity contribution in [2.45, 2.75) is 0 Å². The van der Waals surface area contributed by atoms with Crippen molar-refractivity contribution >= 4 is 38.5 Å². The summed E-state index contributed by atoms with van der Waals surface area (Å²) in [6, 6.07) is 39.8. The molecule has 6 nitrogen and oxygen atoms in total. The van der Waals surface area contributed by atoms with E-state index in [2.05, 4.69) is 129 Å². The van der Waals surface area contributed by atoms with E-state index in [1.165, 1.54) is 5.39 Å². The van der Waals surface area contributed by atoms with Gasteiger partial charge in [-0.1, -0.05) is 48.5 Å². The number of fused-ring (bicyclic) bond motifs is 5. The Hall–Kier alpha value is -5.49. The van der Waals surface area contributed by atoms with Gasteiger partial charge < -0.3 is 19.1 Å². The number of anilines is 1. The second-order valence-electron chi connectivity index (χ2n) is 10.4. The predicted molar refractivity (Wildman–Crippen MR) is 166 cm³/mol. The third kappa shape index (κ3) is 3.84. The van der Waals surface area contributed by atoms with Crippen molar-refractivity contribution in [2.24, 2.45) is 0 Å². The van der Waals surface area contributed by atoms with E-state index in [1.807, 2.05) is 30.5 Å². The fourth-order valence-electron chi connectivity index (χ4n) is 5.91. The zero-order chi connectivity index (χ0) is 27.3. The van der Waals surface area contributed by atoms with Crippen LogP contribution < -0.4 is 9.64 Å². The molecule has 0 radical (unpaired) electrons. The van der Waals surface area contributed by atoms with Gasteiger partial charge in [-0.25, -0.2) is 4.98 Å². The molecule has 4 heterocycles. The maximum atomic E-state index is 6.47. The van der Waals surface area contributed by atoms with Crippen molar-refractivity contribution in [3.63, 3.8) is 0 Å². The number of nitrogens with zero attached hydrogens (tertiary/aromatic N) is 5. The smallest absolute Gasteiger partial charge is 0.137 e. The minimum Gasteiger partial charge on any atom is -0.457 e. The normalized spacial score (nSPS) is 13.2. The van der Waals surface area contributed by atoms with Gasteiger partial charge >= 0.3 is 0 Å². The summed E-state index contributed by atoms with van der Waals surface area (Å²) in [7, 11) is 2.07. The fourth-order valence-corrected chi connectivity index (χ4v) is 5.91. The van der Waals surface area contributed by atoms with Crippen molar-refractivity contribution in [1.29, 1.82) is 0 Å². The van der Waals surface area contributed by atoms with Crippen molar-refractivity contribution in [1.82, 2.24) is 19.0 Å². The Balaban J connectivity index is 1.34. The molecule has 198 valence electrons. The summed E-state index contributed by atoms with van der Waals surface area (Å²) in [5, 5.41) is 2.31. The molecule has 41 heavy (non-hydrogen) atoms. The number of aromatic nitrogens is 3. The van der Waals surface area contributed by atoms with Gasteiger partial charge in [-0.2, -0.15) is 0 Å². The molecule has 0 spiro atoms. The topological polar surface area (TPSA) is 38.5 Å². The molecule has 0 N–H and O–H groups in total. The second-order valence-corrected chi connectivity index (χ2v) is 10.4. The lowest BCUT2D eigenvalue weighted by Crippen LogP contribution is -2.21. The number of hydrogen-bond donors (Lipinski definition) is 0. The van der Waals surface area contributed by atoms with Crippen LogP contribution in [0.1, 0.15) is 0 Å². The highest BCUT2D eigenvalue weighted by molar-refractivity contribution is 6.20. The SMILES string of the molecule is CN1C=CN(c2cccc(Oc3ccc4c(c3)n(-c3ccccn3)c3c5ccccc5n(-c5ccccc5)c43)c2)C1. The van der Waals surface area contributed by atoms with Gasteiger partial charge in [0.05, 0.1) is 28.7 Å². The van der Waals surface area contributed by atoms with E-state index in [9.17, 15) is 0 Å². The number of benzene rings is 4. The van der Waals surface area contributed by atoms with Crippen LogP contribution in [0.25, 0.3) is 44.3 Å². The Morgan fingerprint density at radius 1 is 0.610 bits per heavy atom. The molecule has 1 aliphatic rings. The predicted octanol–water partition coefficient (Wildman–Crippen LogP) is 8.10. The lowest BCUT2D eigenvalue weighted by Gasteiger charge is -2.19. The number of ether oxygens (including phenoxy) is 1. The summed E-state index contributed by atoms with van der Waals surface area (Å²) in [4.78, 5) is 9.12. The van der Waals surface area contributed by atoms with E-state index in [0.29, 0.717) is 0 Å². The van der Waals surface area contributed by atoms with Gasteiger partial charge in [-0.3, -0.25) is 4.57 Å². The monoisotopic (exact) mass is 533 g/mol. The van der Waals surface area contributed by atoms with Crippen LogP contribution >= 0.6 is 0 Å². The molecule has 3 aromatic heterocycles. The Morgan fingerprint density at radius 3 is 2.20 bits per heavy atom. The molecule has 0 unspecified atom stereocenters. The first-order valence-electron chi connectivity index (χ1n) is 13.7. The number of hydrogen-bond acceptors (Lipinski definition) is 4. The van der Waals surface area contributed by atoms with Gasteiger partial charge in [-0.15, -0.1) is 0 Å². The summed E-state index contributed by atoms with van der Waals surface area (Å²) in [6.07, 6.45) is 6.01. The second kappa shape index (κ2) is 9.31. The van der Waals surface area contributed by atoms with E-state index < -0.39 is 0 Å². The highest BCUT2D eigenvalue weighted by atomic mass is 16.5. The minimum atomic E-state index is 0.775. The van der Waals surface area contributed by atoms with Crippen LogP contribution in [0.5, 0.6) is 11.5 Å². The summed E-state index contributed by atoms with van der Waals surface area (Å²) >= 11 is 0. The van der Waals surface area contributed by atoms with Crippen LogP contribution in [0, 0.1) is 0 Å². The van der Waals surface area contributed by atoms with Gasteiger partial charge in [0.15, 0.2) is 0 Å². The fraction of sp³-hybridized carbons (Fsp3) is 0.0571.